The molecule has 0 saturated carbocycles. The molecule has 2 aromatic rings. The van der Waals surface area contributed by atoms with Crippen LogP contribution < -0.4 is 5.32 Å². The third kappa shape index (κ3) is 4.76. The number of carbonyl (C=O) groups excluding carboxylic acids is 1. The van der Waals surface area contributed by atoms with Crippen LogP contribution in [-0.4, -0.2) is 12.5 Å². The lowest BCUT2D eigenvalue weighted by Gasteiger charge is -2.13. The van der Waals surface area contributed by atoms with Crippen molar-refractivity contribution in [2.24, 2.45) is 0 Å². The van der Waals surface area contributed by atoms with Gasteiger partial charge in [0.05, 0.1) is 0 Å². The average Bonchev–Trinajstić information content (AvgIpc) is 2.62. The van der Waals surface area contributed by atoms with Gasteiger partial charge in [-0.25, -0.2) is 17.6 Å². The Hall–Kier alpha value is -2.63. The number of amides is 1. The second-order valence-electron chi connectivity index (χ2n) is 6.33. The van der Waals surface area contributed by atoms with Gasteiger partial charge in [0.15, 0.2) is 23.3 Å². The quantitative estimate of drug-likeness (QED) is 0.399. The van der Waals surface area contributed by atoms with Gasteiger partial charge in [0.25, 0.3) is 0 Å². The number of rotatable bonds is 6. The molecule has 6 heteroatoms. The van der Waals surface area contributed by atoms with E-state index in [2.05, 4.69) is 5.32 Å². The largest absolute Gasteiger partial charge is 0.352 e. The average molecular weight is 379 g/mol. The van der Waals surface area contributed by atoms with Crippen LogP contribution in [0.4, 0.5) is 17.6 Å². The van der Waals surface area contributed by atoms with Crippen molar-refractivity contribution in [2.75, 3.05) is 6.54 Å². The van der Waals surface area contributed by atoms with Crippen molar-refractivity contribution in [2.45, 2.75) is 33.6 Å². The summed E-state index contributed by atoms with van der Waals surface area (Å²) in [6.07, 6.45) is 3.22. The molecule has 0 spiro atoms. The highest BCUT2D eigenvalue weighted by Gasteiger charge is 2.18. The molecule has 0 saturated heterocycles. The molecule has 0 heterocycles. The first-order chi connectivity index (χ1) is 12.8. The lowest BCUT2D eigenvalue weighted by atomic mass is 9.94. The second-order valence-corrected chi connectivity index (χ2v) is 6.33. The molecular weight excluding hydrogens is 358 g/mol. The monoisotopic (exact) mass is 379 g/mol. The van der Waals surface area contributed by atoms with Crippen LogP contribution in [0.5, 0.6) is 0 Å². The predicted molar refractivity (Wildman–Crippen MR) is 98.0 cm³/mol. The van der Waals surface area contributed by atoms with Crippen molar-refractivity contribution in [1.29, 1.82) is 0 Å². The van der Waals surface area contributed by atoms with Crippen LogP contribution in [0.2, 0.25) is 0 Å². The minimum atomic E-state index is -1.15. The highest BCUT2D eigenvalue weighted by Crippen LogP contribution is 2.32. The third-order valence-electron chi connectivity index (χ3n) is 4.27. The molecule has 1 amide bonds. The van der Waals surface area contributed by atoms with Gasteiger partial charge < -0.3 is 5.32 Å². The Bertz CT molecular complexity index is 890. The highest BCUT2D eigenvalue weighted by molar-refractivity contribution is 5.97. The minimum absolute atomic E-state index is 0.0168. The van der Waals surface area contributed by atoms with Gasteiger partial charge in [0.1, 0.15) is 0 Å². The van der Waals surface area contributed by atoms with Gasteiger partial charge in [0.2, 0.25) is 5.91 Å². The maximum atomic E-state index is 14.4. The first-order valence-corrected chi connectivity index (χ1v) is 8.66. The van der Waals surface area contributed by atoms with Crippen LogP contribution in [-0.2, 0) is 4.79 Å². The maximum absolute atomic E-state index is 14.4. The van der Waals surface area contributed by atoms with Gasteiger partial charge >= 0.3 is 0 Å². The predicted octanol–water partition coefficient (Wildman–Crippen LogP) is 5.54. The maximum Gasteiger partial charge on any atom is 0.246 e. The standard InChI is InChI=1S/C21H21F4NO/c1-4-5-8-26-21(27)12(2)9-15-11-18(24)20(25)19(13(15)3)14-6-7-16(22)17(23)10-14/h6-7,9-11H,4-5,8H2,1-3H3,(H,26,27)/b12-9+. The summed E-state index contributed by atoms with van der Waals surface area (Å²) in [6, 6.07) is 3.84. The molecule has 1 N–H and O–H groups in total. The summed E-state index contributed by atoms with van der Waals surface area (Å²) in [5, 5.41) is 2.74. The van der Waals surface area contributed by atoms with Crippen LogP contribution in [0.3, 0.4) is 0 Å². The van der Waals surface area contributed by atoms with Crippen molar-refractivity contribution < 1.29 is 22.4 Å². The zero-order valence-electron chi connectivity index (χ0n) is 15.4. The van der Waals surface area contributed by atoms with E-state index in [4.69, 9.17) is 0 Å². The van der Waals surface area contributed by atoms with E-state index < -0.39 is 23.3 Å². The zero-order valence-corrected chi connectivity index (χ0v) is 15.4. The molecule has 2 aromatic carbocycles. The van der Waals surface area contributed by atoms with Gasteiger partial charge in [-0.1, -0.05) is 19.4 Å². The Kier molecular flexibility index (Phi) is 6.77. The second kappa shape index (κ2) is 8.84. The molecule has 0 bridgehead atoms. The lowest BCUT2D eigenvalue weighted by Crippen LogP contribution is -2.24. The Labute approximate surface area is 155 Å². The van der Waals surface area contributed by atoms with E-state index in [-0.39, 0.29) is 22.6 Å². The molecule has 0 aliphatic carbocycles. The fourth-order valence-electron chi connectivity index (χ4n) is 2.70. The summed E-state index contributed by atoms with van der Waals surface area (Å²) in [4.78, 5) is 12.1. The molecule has 2 rings (SSSR count). The molecule has 144 valence electrons. The first kappa shape index (κ1) is 20.7. The molecule has 27 heavy (non-hydrogen) atoms. The third-order valence-corrected chi connectivity index (χ3v) is 4.27. The summed E-state index contributed by atoms with van der Waals surface area (Å²) >= 11 is 0. The minimum Gasteiger partial charge on any atom is -0.352 e. The molecular formula is C21H21F4NO. The first-order valence-electron chi connectivity index (χ1n) is 8.66. The van der Waals surface area contributed by atoms with Gasteiger partial charge in [-0.2, -0.15) is 0 Å². The molecule has 0 atom stereocenters. The van der Waals surface area contributed by atoms with E-state index in [1.807, 2.05) is 6.92 Å². The normalized spacial score (nSPS) is 11.6. The van der Waals surface area contributed by atoms with Crippen molar-refractivity contribution >= 4 is 12.0 Å². The van der Waals surface area contributed by atoms with Gasteiger partial charge in [-0.3, -0.25) is 4.79 Å². The molecule has 0 unspecified atom stereocenters. The van der Waals surface area contributed by atoms with Crippen LogP contribution in [0.25, 0.3) is 17.2 Å². The fraction of sp³-hybridized carbons (Fsp3) is 0.286. The molecule has 0 radical (unpaired) electrons. The molecule has 2 nitrogen and oxygen atoms in total. The summed E-state index contributed by atoms with van der Waals surface area (Å²) in [7, 11) is 0. The molecule has 0 fully saturated rings. The Morgan fingerprint density at radius 3 is 2.41 bits per heavy atom. The van der Waals surface area contributed by atoms with Gasteiger partial charge in [-0.15, -0.1) is 0 Å². The zero-order chi connectivity index (χ0) is 20.1. The summed E-state index contributed by atoms with van der Waals surface area (Å²) < 4.78 is 55.2. The van der Waals surface area contributed by atoms with E-state index in [0.717, 1.165) is 31.0 Å². The van der Waals surface area contributed by atoms with Crippen LogP contribution in [0.15, 0.2) is 29.8 Å². The van der Waals surface area contributed by atoms with E-state index in [1.165, 1.54) is 19.1 Å². The van der Waals surface area contributed by atoms with E-state index in [1.54, 1.807) is 6.92 Å². The number of benzene rings is 2. The van der Waals surface area contributed by atoms with Gasteiger partial charge in [0, 0.05) is 17.7 Å². The Morgan fingerprint density at radius 1 is 1.07 bits per heavy atom. The molecule has 0 aliphatic rings. The highest BCUT2D eigenvalue weighted by atomic mass is 19.2. The number of unbranched alkanes of at least 4 members (excludes halogenated alkanes) is 1. The summed E-state index contributed by atoms with van der Waals surface area (Å²) in [6.45, 7) is 5.63. The van der Waals surface area contributed by atoms with Crippen molar-refractivity contribution in [3.8, 4) is 11.1 Å². The Morgan fingerprint density at radius 2 is 1.78 bits per heavy atom. The van der Waals surface area contributed by atoms with E-state index in [9.17, 15) is 22.4 Å². The van der Waals surface area contributed by atoms with Crippen molar-refractivity contribution in [3.05, 3.63) is 64.2 Å². The number of hydrogen-bond donors (Lipinski definition) is 1. The lowest BCUT2D eigenvalue weighted by molar-refractivity contribution is -0.117. The number of carbonyl (C=O) groups is 1. The summed E-state index contributed by atoms with van der Waals surface area (Å²) in [5.41, 5.74) is 0.788. The SMILES string of the molecule is CCCCNC(=O)/C(C)=C/c1cc(F)c(F)c(-c2ccc(F)c(F)c2)c1C. The number of halogens is 4. The van der Waals surface area contributed by atoms with E-state index in [0.29, 0.717) is 17.7 Å². The van der Waals surface area contributed by atoms with Crippen molar-refractivity contribution in [1.82, 2.24) is 5.32 Å². The Balaban J connectivity index is 2.47. The molecule has 0 aliphatic heterocycles. The van der Waals surface area contributed by atoms with Crippen LogP contribution in [0, 0.1) is 30.2 Å². The van der Waals surface area contributed by atoms with Gasteiger partial charge in [-0.05, 0) is 61.2 Å². The van der Waals surface area contributed by atoms with Crippen molar-refractivity contribution in [3.63, 3.8) is 0 Å². The number of nitrogens with one attached hydrogen (secondary N) is 1. The smallest absolute Gasteiger partial charge is 0.246 e. The number of hydrogen-bond acceptors (Lipinski definition) is 1. The molecule has 0 aromatic heterocycles. The fourth-order valence-corrected chi connectivity index (χ4v) is 2.70. The summed E-state index contributed by atoms with van der Waals surface area (Å²) in [5.74, 6) is -4.82. The van der Waals surface area contributed by atoms with E-state index >= 15 is 0 Å². The topological polar surface area (TPSA) is 29.1 Å². The van der Waals surface area contributed by atoms with Crippen LogP contribution >= 0.6 is 0 Å². The van der Waals surface area contributed by atoms with Crippen LogP contribution in [0.1, 0.15) is 37.8 Å².